The summed E-state index contributed by atoms with van der Waals surface area (Å²) in [6.45, 7) is 3.27. The number of amides is 2. The van der Waals surface area contributed by atoms with Gasteiger partial charge in [0.2, 0.25) is 11.8 Å². The molecule has 2 amide bonds. The largest absolute Gasteiger partial charge is 0.356 e. The molecule has 0 bridgehead atoms. The molecule has 0 saturated carbocycles. The van der Waals surface area contributed by atoms with Crippen molar-refractivity contribution in [1.29, 1.82) is 0 Å². The Morgan fingerprint density at radius 1 is 1.00 bits per heavy atom. The van der Waals surface area contributed by atoms with E-state index in [0.29, 0.717) is 30.9 Å². The van der Waals surface area contributed by atoms with Crippen LogP contribution < -0.4 is 4.90 Å². The molecule has 2 saturated heterocycles. The quantitative estimate of drug-likeness (QED) is 0.505. The zero-order valence-corrected chi connectivity index (χ0v) is 17.1. The van der Waals surface area contributed by atoms with E-state index in [1.807, 2.05) is 12.1 Å². The maximum Gasteiger partial charge on any atom is 0.233 e. The summed E-state index contributed by atoms with van der Waals surface area (Å²) < 4.78 is 10.5. The third-order valence-electron chi connectivity index (χ3n) is 5.93. The Labute approximate surface area is 167 Å². The molecule has 0 N–H and O–H groups in total. The molecule has 1 aromatic rings. The zero-order valence-electron chi connectivity index (χ0n) is 17.1. The van der Waals surface area contributed by atoms with Crippen molar-refractivity contribution in [2.45, 2.75) is 57.2 Å². The van der Waals surface area contributed by atoms with Gasteiger partial charge >= 0.3 is 0 Å². The SMILES string of the molecule is COC(CCCN1CCC(c2ccc(N3C(=O)CCCC3=O)cc2)CC1)OC. The zero-order chi connectivity index (χ0) is 19.9. The minimum Gasteiger partial charge on any atom is -0.356 e. The molecule has 6 heteroatoms. The van der Waals surface area contributed by atoms with Crippen LogP contribution in [0.15, 0.2) is 24.3 Å². The van der Waals surface area contributed by atoms with Crippen molar-refractivity contribution >= 4 is 17.5 Å². The maximum absolute atomic E-state index is 12.1. The number of ether oxygens (including phenoxy) is 2. The Hall–Kier alpha value is -1.76. The number of carbonyl (C=O) groups is 2. The average Bonchev–Trinajstić information content (AvgIpc) is 2.72. The molecule has 2 aliphatic rings. The third-order valence-corrected chi connectivity index (χ3v) is 5.93. The van der Waals surface area contributed by atoms with E-state index in [9.17, 15) is 9.59 Å². The summed E-state index contributed by atoms with van der Waals surface area (Å²) in [6.07, 6.45) is 5.75. The molecule has 154 valence electrons. The van der Waals surface area contributed by atoms with Gasteiger partial charge in [-0.1, -0.05) is 12.1 Å². The van der Waals surface area contributed by atoms with Crippen LogP contribution in [0.1, 0.15) is 56.4 Å². The van der Waals surface area contributed by atoms with E-state index in [4.69, 9.17) is 9.47 Å². The lowest BCUT2D eigenvalue weighted by Gasteiger charge is -2.32. The fourth-order valence-electron chi connectivity index (χ4n) is 4.24. The summed E-state index contributed by atoms with van der Waals surface area (Å²) in [5, 5.41) is 0. The lowest BCUT2D eigenvalue weighted by Crippen LogP contribution is -2.40. The molecule has 1 aromatic carbocycles. The number of carbonyl (C=O) groups excluding carboxylic acids is 2. The minimum absolute atomic E-state index is 0.0820. The summed E-state index contributed by atoms with van der Waals surface area (Å²) in [6, 6.07) is 8.04. The van der Waals surface area contributed by atoms with E-state index in [1.165, 1.54) is 10.5 Å². The second-order valence-electron chi connectivity index (χ2n) is 7.73. The second kappa shape index (κ2) is 10.1. The van der Waals surface area contributed by atoms with E-state index in [2.05, 4.69) is 17.0 Å². The first-order chi connectivity index (χ1) is 13.6. The standard InChI is InChI=1S/C22H32N2O4/c1-27-22(28-2)7-4-14-23-15-12-18(13-16-23)17-8-10-19(11-9-17)24-20(25)5-3-6-21(24)26/h8-11,18,22H,3-7,12-16H2,1-2H3. The molecule has 28 heavy (non-hydrogen) atoms. The van der Waals surface area contributed by atoms with Crippen molar-refractivity contribution in [2.75, 3.05) is 38.8 Å². The van der Waals surface area contributed by atoms with Crippen LogP contribution in [0.3, 0.4) is 0 Å². The van der Waals surface area contributed by atoms with E-state index >= 15 is 0 Å². The molecule has 3 rings (SSSR count). The molecule has 0 unspecified atom stereocenters. The number of likely N-dealkylation sites (tertiary alicyclic amines) is 1. The number of hydrogen-bond acceptors (Lipinski definition) is 5. The van der Waals surface area contributed by atoms with Gasteiger partial charge in [-0.05, 0) is 75.4 Å². The summed E-state index contributed by atoms with van der Waals surface area (Å²) in [5.74, 6) is 0.381. The lowest BCUT2D eigenvalue weighted by molar-refractivity contribution is -0.129. The monoisotopic (exact) mass is 388 g/mol. The Bertz CT molecular complexity index is 633. The highest BCUT2D eigenvalue weighted by Gasteiger charge is 2.27. The average molecular weight is 389 g/mol. The van der Waals surface area contributed by atoms with Gasteiger partial charge in [-0.3, -0.25) is 14.5 Å². The summed E-state index contributed by atoms with van der Waals surface area (Å²) in [4.78, 5) is 28.0. The topological polar surface area (TPSA) is 59.1 Å². The maximum atomic E-state index is 12.1. The first-order valence-corrected chi connectivity index (χ1v) is 10.4. The Balaban J connectivity index is 1.48. The van der Waals surface area contributed by atoms with Gasteiger partial charge in [-0.2, -0.15) is 0 Å². The molecule has 0 spiro atoms. The second-order valence-corrected chi connectivity index (χ2v) is 7.73. The minimum atomic E-state index is -0.102. The molecule has 2 heterocycles. The van der Waals surface area contributed by atoms with Gasteiger partial charge in [0, 0.05) is 27.1 Å². The van der Waals surface area contributed by atoms with Gasteiger partial charge in [0.1, 0.15) is 0 Å². The molecular weight excluding hydrogens is 356 g/mol. The van der Waals surface area contributed by atoms with Crippen molar-refractivity contribution in [3.8, 4) is 0 Å². The van der Waals surface area contributed by atoms with Gasteiger partial charge in [-0.25, -0.2) is 0 Å². The highest BCUT2D eigenvalue weighted by atomic mass is 16.7. The smallest absolute Gasteiger partial charge is 0.233 e. The molecule has 0 aliphatic carbocycles. The van der Waals surface area contributed by atoms with E-state index in [1.54, 1.807) is 14.2 Å². The van der Waals surface area contributed by atoms with Crippen molar-refractivity contribution in [2.24, 2.45) is 0 Å². The summed E-state index contributed by atoms with van der Waals surface area (Å²) in [5.41, 5.74) is 2.01. The van der Waals surface area contributed by atoms with Crippen LogP contribution >= 0.6 is 0 Å². The van der Waals surface area contributed by atoms with Crippen molar-refractivity contribution in [3.63, 3.8) is 0 Å². The van der Waals surface area contributed by atoms with Crippen LogP contribution in [0, 0.1) is 0 Å². The number of rotatable bonds is 8. The number of nitrogens with zero attached hydrogens (tertiary/aromatic N) is 2. The fraction of sp³-hybridized carbons (Fsp3) is 0.636. The summed E-state index contributed by atoms with van der Waals surface area (Å²) >= 11 is 0. The first-order valence-electron chi connectivity index (χ1n) is 10.4. The van der Waals surface area contributed by atoms with Gasteiger partial charge < -0.3 is 14.4 Å². The van der Waals surface area contributed by atoms with Crippen LogP contribution in [-0.2, 0) is 19.1 Å². The molecule has 2 fully saturated rings. The van der Waals surface area contributed by atoms with Crippen molar-refractivity contribution < 1.29 is 19.1 Å². The molecule has 6 nitrogen and oxygen atoms in total. The van der Waals surface area contributed by atoms with Crippen LogP contribution in [0.4, 0.5) is 5.69 Å². The first kappa shape index (κ1) is 21.0. The Morgan fingerprint density at radius 2 is 1.61 bits per heavy atom. The van der Waals surface area contributed by atoms with Crippen molar-refractivity contribution in [3.05, 3.63) is 29.8 Å². The van der Waals surface area contributed by atoms with Crippen LogP contribution in [-0.4, -0.2) is 56.9 Å². The molecule has 2 aliphatic heterocycles. The molecule has 0 aromatic heterocycles. The fourth-order valence-corrected chi connectivity index (χ4v) is 4.24. The normalized spacial score (nSPS) is 19.6. The van der Waals surface area contributed by atoms with Gasteiger partial charge in [0.05, 0.1) is 5.69 Å². The molecule has 0 atom stereocenters. The predicted octanol–water partition coefficient (Wildman–Crippen LogP) is 3.31. The van der Waals surface area contributed by atoms with Gasteiger partial charge in [0.15, 0.2) is 6.29 Å². The number of hydrogen-bond donors (Lipinski definition) is 0. The van der Waals surface area contributed by atoms with E-state index < -0.39 is 0 Å². The highest BCUT2D eigenvalue weighted by molar-refractivity contribution is 6.16. The number of benzene rings is 1. The van der Waals surface area contributed by atoms with Gasteiger partial charge in [0.25, 0.3) is 0 Å². The number of methoxy groups -OCH3 is 2. The summed E-state index contributed by atoms with van der Waals surface area (Å²) in [7, 11) is 3.37. The highest BCUT2D eigenvalue weighted by Crippen LogP contribution is 2.30. The van der Waals surface area contributed by atoms with E-state index in [-0.39, 0.29) is 18.1 Å². The third kappa shape index (κ3) is 5.19. The number of piperidine rings is 2. The number of anilines is 1. The van der Waals surface area contributed by atoms with Crippen molar-refractivity contribution in [1.82, 2.24) is 4.90 Å². The predicted molar refractivity (Wildman–Crippen MR) is 108 cm³/mol. The van der Waals surface area contributed by atoms with Crippen LogP contribution in [0.25, 0.3) is 0 Å². The van der Waals surface area contributed by atoms with E-state index in [0.717, 1.165) is 45.3 Å². The molecule has 0 radical (unpaired) electrons. The Kier molecular flexibility index (Phi) is 7.59. The van der Waals surface area contributed by atoms with Gasteiger partial charge in [-0.15, -0.1) is 0 Å². The lowest BCUT2D eigenvalue weighted by atomic mass is 9.89. The molecular formula is C22H32N2O4. The Morgan fingerprint density at radius 3 is 2.18 bits per heavy atom. The van der Waals surface area contributed by atoms with Crippen LogP contribution in [0.2, 0.25) is 0 Å². The number of imide groups is 1. The van der Waals surface area contributed by atoms with Crippen LogP contribution in [0.5, 0.6) is 0 Å².